The Labute approximate surface area is 194 Å². The Kier molecular flexibility index (Phi) is 6.65. The number of benzene rings is 2. The van der Waals surface area contributed by atoms with Gasteiger partial charge in [-0.15, -0.1) is 10.2 Å². The molecule has 31 heavy (non-hydrogen) atoms. The van der Waals surface area contributed by atoms with Crippen LogP contribution in [0.3, 0.4) is 0 Å². The summed E-state index contributed by atoms with van der Waals surface area (Å²) < 4.78 is 2.08. The molecule has 1 N–H and O–H groups in total. The van der Waals surface area contributed by atoms with Gasteiger partial charge in [-0.1, -0.05) is 60.9 Å². The maximum absolute atomic E-state index is 12.3. The van der Waals surface area contributed by atoms with Gasteiger partial charge in [0.25, 0.3) is 5.56 Å². The van der Waals surface area contributed by atoms with Crippen molar-refractivity contribution in [2.45, 2.75) is 32.0 Å². The van der Waals surface area contributed by atoms with Crippen LogP contribution in [0.15, 0.2) is 52.4 Å². The monoisotopic (exact) mass is 473 g/mol. The van der Waals surface area contributed by atoms with Crippen molar-refractivity contribution in [3.63, 3.8) is 0 Å². The topological polar surface area (TPSA) is 76.5 Å². The highest BCUT2D eigenvalue weighted by Gasteiger charge is 2.18. The molecule has 4 rings (SSSR count). The van der Waals surface area contributed by atoms with Crippen LogP contribution < -0.4 is 5.56 Å². The molecule has 2 aromatic carbocycles. The van der Waals surface area contributed by atoms with E-state index in [0.29, 0.717) is 44.9 Å². The highest BCUT2D eigenvalue weighted by molar-refractivity contribution is 7.99. The van der Waals surface area contributed by atoms with Crippen LogP contribution in [0.4, 0.5) is 0 Å². The van der Waals surface area contributed by atoms with Gasteiger partial charge in [-0.25, -0.2) is 4.98 Å². The number of hydrogen-bond donors (Lipinski definition) is 1. The van der Waals surface area contributed by atoms with Crippen molar-refractivity contribution in [1.82, 2.24) is 24.7 Å². The van der Waals surface area contributed by atoms with E-state index in [1.807, 2.05) is 24.3 Å². The van der Waals surface area contributed by atoms with E-state index in [-0.39, 0.29) is 5.56 Å². The minimum atomic E-state index is -0.117. The van der Waals surface area contributed by atoms with Crippen molar-refractivity contribution < 1.29 is 0 Å². The first kappa shape index (κ1) is 21.9. The summed E-state index contributed by atoms with van der Waals surface area (Å²) in [6.07, 6.45) is 0.607. The lowest BCUT2D eigenvalue weighted by Gasteiger charge is -2.13. The van der Waals surface area contributed by atoms with Crippen LogP contribution in [0.1, 0.15) is 19.7 Å². The Hall–Kier alpha value is -2.35. The largest absolute Gasteiger partial charge is 0.310 e. The molecule has 0 radical (unpaired) electrons. The Morgan fingerprint density at radius 1 is 1.13 bits per heavy atom. The second-order valence-corrected chi connectivity index (χ2v) is 9.47. The van der Waals surface area contributed by atoms with Crippen LogP contribution >= 0.6 is 35.0 Å². The Bertz CT molecular complexity index is 1280. The highest BCUT2D eigenvalue weighted by Crippen LogP contribution is 2.32. The molecule has 0 bridgehead atoms. The van der Waals surface area contributed by atoms with Crippen molar-refractivity contribution in [2.75, 3.05) is 5.75 Å². The third-order valence-electron chi connectivity index (χ3n) is 4.67. The molecule has 2 heterocycles. The van der Waals surface area contributed by atoms with Crippen molar-refractivity contribution in [3.8, 4) is 11.4 Å². The highest BCUT2D eigenvalue weighted by atomic mass is 35.5. The summed E-state index contributed by atoms with van der Waals surface area (Å²) in [5.41, 5.74) is 1.38. The van der Waals surface area contributed by atoms with E-state index < -0.39 is 0 Å². The van der Waals surface area contributed by atoms with Crippen molar-refractivity contribution in [1.29, 1.82) is 0 Å². The number of aryl methyl sites for hydroxylation is 1. The maximum atomic E-state index is 12.3. The minimum absolute atomic E-state index is 0.117. The lowest BCUT2D eigenvalue weighted by atomic mass is 10.2. The van der Waals surface area contributed by atoms with Gasteiger partial charge in [0.2, 0.25) is 0 Å². The number of nitrogens with zero attached hydrogens (tertiary/aromatic N) is 4. The summed E-state index contributed by atoms with van der Waals surface area (Å²) >= 11 is 14.0. The number of hydrogen-bond acceptors (Lipinski definition) is 5. The normalized spacial score (nSPS) is 11.5. The lowest BCUT2D eigenvalue weighted by Crippen LogP contribution is -2.12. The lowest BCUT2D eigenvalue weighted by molar-refractivity contribution is 0.498. The molecule has 2 aromatic heterocycles. The fraction of sp³-hybridized carbons (Fsp3) is 0.273. The van der Waals surface area contributed by atoms with E-state index in [1.54, 1.807) is 30.0 Å². The van der Waals surface area contributed by atoms with Crippen molar-refractivity contribution >= 4 is 45.9 Å². The summed E-state index contributed by atoms with van der Waals surface area (Å²) in [5, 5.41) is 11.3. The zero-order valence-electron chi connectivity index (χ0n) is 17.1. The fourth-order valence-electron chi connectivity index (χ4n) is 3.29. The van der Waals surface area contributed by atoms with E-state index in [9.17, 15) is 4.79 Å². The smallest absolute Gasteiger partial charge is 0.258 e. The second kappa shape index (κ2) is 9.42. The standard InChI is InChI=1S/C22H21Cl2N5OS/c1-13(2)12-29-20(15-8-7-14(23)11-17(15)24)27-28-22(29)31-10-9-19-25-18-6-4-3-5-16(18)21(30)26-19/h3-8,11,13H,9-10,12H2,1-2H3,(H,25,26,30). The third kappa shape index (κ3) is 4.95. The predicted molar refractivity (Wildman–Crippen MR) is 127 cm³/mol. The molecule has 0 amide bonds. The molecule has 160 valence electrons. The number of rotatable bonds is 7. The van der Waals surface area contributed by atoms with Crippen LogP contribution in [-0.4, -0.2) is 30.5 Å². The molecule has 0 saturated carbocycles. The number of fused-ring (bicyclic) bond motifs is 1. The van der Waals surface area contributed by atoms with Gasteiger partial charge < -0.3 is 9.55 Å². The van der Waals surface area contributed by atoms with E-state index >= 15 is 0 Å². The summed E-state index contributed by atoms with van der Waals surface area (Å²) in [5.74, 6) is 2.48. The minimum Gasteiger partial charge on any atom is -0.310 e. The molecule has 0 fully saturated rings. The molecule has 4 aromatic rings. The summed E-state index contributed by atoms with van der Waals surface area (Å²) in [6, 6.07) is 12.7. The molecule has 9 heteroatoms. The zero-order valence-corrected chi connectivity index (χ0v) is 19.4. The molecular weight excluding hydrogens is 453 g/mol. The summed E-state index contributed by atoms with van der Waals surface area (Å²) in [4.78, 5) is 19.7. The number of nitrogens with one attached hydrogen (secondary N) is 1. The summed E-state index contributed by atoms with van der Waals surface area (Å²) in [6.45, 7) is 5.05. The van der Waals surface area contributed by atoms with Gasteiger partial charge in [0, 0.05) is 29.3 Å². The summed E-state index contributed by atoms with van der Waals surface area (Å²) in [7, 11) is 0. The van der Waals surface area contributed by atoms with Gasteiger partial charge in [-0.05, 0) is 36.2 Å². The molecule has 0 atom stereocenters. The molecule has 0 unspecified atom stereocenters. The van der Waals surface area contributed by atoms with Gasteiger partial charge in [-0.3, -0.25) is 4.79 Å². The Morgan fingerprint density at radius 3 is 2.71 bits per heavy atom. The van der Waals surface area contributed by atoms with E-state index in [4.69, 9.17) is 23.2 Å². The SMILES string of the molecule is CC(C)Cn1c(SCCc2nc3ccccc3c(=O)[nH]2)nnc1-c1ccc(Cl)cc1Cl. The van der Waals surface area contributed by atoms with Gasteiger partial charge in [-0.2, -0.15) is 0 Å². The number of aromatic amines is 1. The quantitative estimate of drug-likeness (QED) is 0.359. The molecular formula is C22H21Cl2N5OS. The van der Waals surface area contributed by atoms with Gasteiger partial charge >= 0.3 is 0 Å². The third-order valence-corrected chi connectivity index (χ3v) is 6.18. The van der Waals surface area contributed by atoms with Crippen molar-refractivity contribution in [2.24, 2.45) is 5.92 Å². The van der Waals surface area contributed by atoms with Crippen LogP contribution in [0.25, 0.3) is 22.3 Å². The first-order valence-electron chi connectivity index (χ1n) is 9.91. The van der Waals surface area contributed by atoms with Gasteiger partial charge in [0.05, 0.1) is 15.9 Å². The Balaban J connectivity index is 1.56. The average molecular weight is 474 g/mol. The zero-order chi connectivity index (χ0) is 22.0. The average Bonchev–Trinajstić information content (AvgIpc) is 3.10. The molecule has 0 aliphatic heterocycles. The molecule has 0 aliphatic rings. The number of halogens is 2. The van der Waals surface area contributed by atoms with Crippen LogP contribution in [-0.2, 0) is 13.0 Å². The van der Waals surface area contributed by atoms with Crippen LogP contribution in [0, 0.1) is 5.92 Å². The van der Waals surface area contributed by atoms with Crippen LogP contribution in [0.2, 0.25) is 10.0 Å². The first-order valence-corrected chi connectivity index (χ1v) is 11.7. The number of thioether (sulfide) groups is 1. The van der Waals surface area contributed by atoms with Gasteiger partial charge in [0.15, 0.2) is 11.0 Å². The second-order valence-electron chi connectivity index (χ2n) is 7.56. The van der Waals surface area contributed by atoms with E-state index in [2.05, 4.69) is 38.6 Å². The molecule has 0 aliphatic carbocycles. The number of para-hydroxylation sites is 1. The molecule has 0 spiro atoms. The van der Waals surface area contributed by atoms with Crippen molar-refractivity contribution in [3.05, 3.63) is 68.7 Å². The maximum Gasteiger partial charge on any atom is 0.258 e. The van der Waals surface area contributed by atoms with Crippen LogP contribution in [0.5, 0.6) is 0 Å². The van der Waals surface area contributed by atoms with E-state index in [0.717, 1.165) is 23.1 Å². The molecule has 6 nitrogen and oxygen atoms in total. The predicted octanol–water partition coefficient (Wildman–Crippen LogP) is 5.48. The number of H-pyrrole nitrogens is 1. The Morgan fingerprint density at radius 2 is 1.94 bits per heavy atom. The fourth-order valence-corrected chi connectivity index (χ4v) is 4.67. The van der Waals surface area contributed by atoms with Gasteiger partial charge in [0.1, 0.15) is 5.82 Å². The van der Waals surface area contributed by atoms with E-state index in [1.165, 1.54) is 0 Å². The number of aromatic nitrogens is 5. The first-order chi connectivity index (χ1) is 14.9. The molecule has 0 saturated heterocycles.